The lowest BCUT2D eigenvalue weighted by molar-refractivity contribution is 0.211. The number of anilines is 1. The van der Waals surface area contributed by atoms with E-state index in [1.165, 1.54) is 19.3 Å². The number of hydrogen-bond acceptors (Lipinski definition) is 5. The second-order valence-corrected chi connectivity index (χ2v) is 8.46. The van der Waals surface area contributed by atoms with E-state index in [0.29, 0.717) is 23.2 Å². The van der Waals surface area contributed by atoms with Gasteiger partial charge in [-0.05, 0) is 64.2 Å². The third kappa shape index (κ3) is 4.95. The van der Waals surface area contributed by atoms with E-state index in [2.05, 4.69) is 41.1 Å². The number of benzene rings is 1. The van der Waals surface area contributed by atoms with E-state index in [1.54, 1.807) is 29.2 Å². The van der Waals surface area contributed by atoms with Crippen LogP contribution < -0.4 is 10.6 Å². The number of nitrogens with two attached hydrogens (primary N) is 1. The average Bonchev–Trinajstić information content (AvgIpc) is 2.73. The lowest BCUT2D eigenvalue weighted by Gasteiger charge is -2.39. The van der Waals surface area contributed by atoms with E-state index in [-0.39, 0.29) is 5.41 Å². The summed E-state index contributed by atoms with van der Waals surface area (Å²) in [4.78, 5) is 18.0. The van der Waals surface area contributed by atoms with Crippen LogP contribution in [0.5, 0.6) is 0 Å². The maximum absolute atomic E-state index is 8.94. The minimum atomic E-state index is 0.0457. The van der Waals surface area contributed by atoms with Crippen LogP contribution in [0.4, 0.5) is 11.6 Å². The third-order valence-corrected chi connectivity index (χ3v) is 5.70. The smallest absolute Gasteiger partial charge is 0.232 e. The molecule has 158 valence electrons. The molecule has 0 saturated heterocycles. The molecule has 7 heteroatoms. The van der Waals surface area contributed by atoms with E-state index >= 15 is 0 Å². The summed E-state index contributed by atoms with van der Waals surface area (Å²) in [5.74, 6) is 0.866. The molecule has 0 amide bonds. The summed E-state index contributed by atoms with van der Waals surface area (Å²) in [5, 5.41) is 8.94. The molecule has 30 heavy (non-hydrogen) atoms. The van der Waals surface area contributed by atoms with E-state index in [0.717, 1.165) is 30.8 Å². The van der Waals surface area contributed by atoms with Crippen molar-refractivity contribution >= 4 is 17.6 Å². The van der Waals surface area contributed by atoms with Gasteiger partial charge in [0.2, 0.25) is 11.9 Å². The number of rotatable bonds is 5. The summed E-state index contributed by atoms with van der Waals surface area (Å²) in [5.41, 5.74) is 9.61. The molecule has 0 unspecified atom stereocenters. The summed E-state index contributed by atoms with van der Waals surface area (Å²) in [6.45, 7) is 2.98. The number of likely N-dealkylation sites (N-methyl/N-ethyl adjacent to an activating group) is 1. The Morgan fingerprint density at radius 2 is 1.80 bits per heavy atom. The largest absolute Gasteiger partial charge is 0.369 e. The maximum Gasteiger partial charge on any atom is 0.232 e. The van der Waals surface area contributed by atoms with E-state index in [1.807, 2.05) is 14.0 Å². The minimum absolute atomic E-state index is 0.0457. The summed E-state index contributed by atoms with van der Waals surface area (Å²) in [7, 11) is 6.08. The normalized spacial score (nSPS) is 16.3. The van der Waals surface area contributed by atoms with Crippen LogP contribution in [0.15, 0.2) is 35.3 Å². The van der Waals surface area contributed by atoms with Crippen LogP contribution >= 0.6 is 0 Å². The Balaban J connectivity index is 1.92. The summed E-state index contributed by atoms with van der Waals surface area (Å²) in [6.07, 6.45) is 6.02. The molecule has 1 heterocycles. The molecule has 1 aromatic heterocycles. The van der Waals surface area contributed by atoms with Crippen LogP contribution in [0.3, 0.4) is 0 Å². The predicted molar refractivity (Wildman–Crippen MR) is 121 cm³/mol. The number of aliphatic imine (C=N–C) groups is 1. The lowest BCUT2D eigenvalue weighted by Crippen LogP contribution is -2.41. The highest BCUT2D eigenvalue weighted by Crippen LogP contribution is 2.39. The Morgan fingerprint density at radius 3 is 2.40 bits per heavy atom. The highest BCUT2D eigenvalue weighted by Gasteiger charge is 2.36. The van der Waals surface area contributed by atoms with Crippen molar-refractivity contribution in [2.45, 2.75) is 44.4 Å². The molecule has 0 spiro atoms. The molecule has 0 radical (unpaired) electrons. The molecule has 1 aromatic carbocycles. The first-order chi connectivity index (χ1) is 14.3. The highest BCUT2D eigenvalue weighted by molar-refractivity contribution is 5.94. The molecule has 2 N–H and O–H groups in total. The molecule has 1 fully saturated rings. The zero-order chi connectivity index (χ0) is 21.7. The van der Waals surface area contributed by atoms with Crippen molar-refractivity contribution in [1.82, 2.24) is 14.9 Å². The standard InChI is InChI=1S/C23H31N7/c1-17-14-20(23(16-29(2)3)12-6-5-7-13-23)28-22(26-17)30(4)21(25)27-19-10-8-18(15-24)9-11-19/h8-11,14H,5-7,12-13,16H2,1-4H3,(H2,25,27). The first-order valence-electron chi connectivity index (χ1n) is 10.4. The Morgan fingerprint density at radius 1 is 1.13 bits per heavy atom. The lowest BCUT2D eigenvalue weighted by atomic mass is 9.71. The van der Waals surface area contributed by atoms with Gasteiger partial charge in [-0.2, -0.15) is 5.26 Å². The third-order valence-electron chi connectivity index (χ3n) is 5.70. The Bertz CT molecular complexity index is 935. The quantitative estimate of drug-likeness (QED) is 0.604. The number of nitriles is 1. The first kappa shape index (κ1) is 21.7. The van der Waals surface area contributed by atoms with Crippen molar-refractivity contribution in [3.8, 4) is 6.07 Å². The number of guanidine groups is 1. The predicted octanol–water partition coefficient (Wildman–Crippen LogP) is 3.50. The number of nitrogens with zero attached hydrogens (tertiary/aromatic N) is 6. The second kappa shape index (κ2) is 9.23. The zero-order valence-electron chi connectivity index (χ0n) is 18.4. The molecular formula is C23H31N7. The summed E-state index contributed by atoms with van der Waals surface area (Å²) >= 11 is 0. The fourth-order valence-electron chi connectivity index (χ4n) is 4.22. The average molecular weight is 406 g/mol. The van der Waals surface area contributed by atoms with Gasteiger partial charge in [-0.3, -0.25) is 4.90 Å². The van der Waals surface area contributed by atoms with Crippen molar-refractivity contribution in [2.75, 3.05) is 32.6 Å². The Labute approximate surface area is 179 Å². The van der Waals surface area contributed by atoms with E-state index in [4.69, 9.17) is 16.0 Å². The summed E-state index contributed by atoms with van der Waals surface area (Å²) < 4.78 is 0. The first-order valence-corrected chi connectivity index (χ1v) is 10.4. The molecule has 0 atom stereocenters. The van der Waals surface area contributed by atoms with Gasteiger partial charge in [0.15, 0.2) is 0 Å². The van der Waals surface area contributed by atoms with E-state index in [9.17, 15) is 0 Å². The molecule has 2 aromatic rings. The molecule has 7 nitrogen and oxygen atoms in total. The van der Waals surface area contributed by atoms with Crippen molar-refractivity contribution in [1.29, 1.82) is 5.26 Å². The number of aryl methyl sites for hydroxylation is 1. The van der Waals surface area contributed by atoms with Crippen LogP contribution in [0.25, 0.3) is 0 Å². The zero-order valence-corrected chi connectivity index (χ0v) is 18.4. The van der Waals surface area contributed by atoms with Crippen LogP contribution in [0.1, 0.15) is 49.1 Å². The molecule has 1 saturated carbocycles. The van der Waals surface area contributed by atoms with Gasteiger partial charge < -0.3 is 10.6 Å². The molecular weight excluding hydrogens is 374 g/mol. The number of aromatic nitrogens is 2. The van der Waals surface area contributed by atoms with Gasteiger partial charge in [-0.15, -0.1) is 0 Å². The maximum atomic E-state index is 8.94. The van der Waals surface area contributed by atoms with Gasteiger partial charge in [-0.1, -0.05) is 19.3 Å². The SMILES string of the molecule is Cc1cc(C2(CN(C)C)CCCCC2)nc(N(C)C(N)=Nc2ccc(C#N)cc2)n1. The van der Waals surface area contributed by atoms with Crippen molar-refractivity contribution in [3.63, 3.8) is 0 Å². The molecule has 3 rings (SSSR count). The van der Waals surface area contributed by atoms with E-state index < -0.39 is 0 Å². The fourth-order valence-corrected chi connectivity index (χ4v) is 4.22. The molecule has 1 aliphatic rings. The van der Waals surface area contributed by atoms with Crippen LogP contribution in [0.2, 0.25) is 0 Å². The van der Waals surface area contributed by atoms with Gasteiger partial charge in [-0.25, -0.2) is 15.0 Å². The van der Waals surface area contributed by atoms with Gasteiger partial charge in [0.25, 0.3) is 0 Å². The van der Waals surface area contributed by atoms with Crippen molar-refractivity contribution in [2.24, 2.45) is 10.7 Å². The molecule has 0 bridgehead atoms. The molecule has 0 aliphatic heterocycles. The van der Waals surface area contributed by atoms with Gasteiger partial charge in [0.1, 0.15) is 0 Å². The van der Waals surface area contributed by atoms with Crippen LogP contribution in [0, 0.1) is 18.3 Å². The second-order valence-electron chi connectivity index (χ2n) is 8.46. The fraction of sp³-hybridized carbons (Fsp3) is 0.478. The van der Waals surface area contributed by atoms with Gasteiger partial charge >= 0.3 is 0 Å². The van der Waals surface area contributed by atoms with Gasteiger partial charge in [0.05, 0.1) is 23.0 Å². The summed E-state index contributed by atoms with van der Waals surface area (Å²) in [6, 6.07) is 11.2. The molecule has 1 aliphatic carbocycles. The van der Waals surface area contributed by atoms with Crippen LogP contribution in [-0.2, 0) is 5.41 Å². The number of hydrogen-bond donors (Lipinski definition) is 1. The Kier molecular flexibility index (Phi) is 6.68. The van der Waals surface area contributed by atoms with Crippen molar-refractivity contribution < 1.29 is 0 Å². The Hall–Kier alpha value is -2.98. The minimum Gasteiger partial charge on any atom is -0.369 e. The van der Waals surface area contributed by atoms with Crippen molar-refractivity contribution in [3.05, 3.63) is 47.3 Å². The monoisotopic (exact) mass is 405 g/mol. The van der Waals surface area contributed by atoms with Gasteiger partial charge in [0, 0.05) is 24.7 Å². The van der Waals surface area contributed by atoms with Crippen LogP contribution in [-0.4, -0.2) is 48.5 Å². The highest BCUT2D eigenvalue weighted by atomic mass is 15.3. The topological polar surface area (TPSA) is 94.4 Å².